The Balaban J connectivity index is 0.00000162. The van der Waals surface area contributed by atoms with Gasteiger partial charge in [0.05, 0.1) is 18.1 Å². The van der Waals surface area contributed by atoms with Gasteiger partial charge in [0.15, 0.2) is 0 Å². The zero-order valence-electron chi connectivity index (χ0n) is 9.74. The maximum absolute atomic E-state index is 5.82. The molecule has 0 aliphatic carbocycles. The van der Waals surface area contributed by atoms with Gasteiger partial charge in [-0.1, -0.05) is 24.8 Å². The number of anilines is 1. The molecule has 18 heavy (non-hydrogen) atoms. The van der Waals surface area contributed by atoms with E-state index in [1.807, 2.05) is 24.3 Å². The minimum Gasteiger partial charge on any atom is -0.490 e. The Hall–Kier alpha value is -2.07. The van der Waals surface area contributed by atoms with E-state index in [-0.39, 0.29) is 12.4 Å². The summed E-state index contributed by atoms with van der Waals surface area (Å²) >= 11 is 0. The molecule has 0 saturated heterocycles. The van der Waals surface area contributed by atoms with Gasteiger partial charge >= 0.3 is 0 Å². The van der Waals surface area contributed by atoms with Crippen LogP contribution in [0.2, 0.25) is 0 Å². The zero-order chi connectivity index (χ0) is 12.1. The second kappa shape index (κ2) is 6.61. The third-order valence-electron chi connectivity index (χ3n) is 2.29. The number of hydrogen-bond donors (Lipinski definition) is 1. The Morgan fingerprint density at radius 3 is 2.44 bits per heavy atom. The van der Waals surface area contributed by atoms with Gasteiger partial charge in [0.25, 0.3) is 0 Å². The van der Waals surface area contributed by atoms with Crippen molar-refractivity contribution in [1.29, 1.82) is 0 Å². The molecule has 0 unspecified atom stereocenters. The van der Waals surface area contributed by atoms with E-state index < -0.39 is 0 Å². The Morgan fingerprint density at radius 2 is 1.83 bits per heavy atom. The molecule has 0 saturated carbocycles. The van der Waals surface area contributed by atoms with Crippen LogP contribution in [0.25, 0.3) is 11.1 Å². The molecule has 0 aliphatic heterocycles. The number of nitrogen functional groups attached to an aromatic ring is 1. The second-order valence-corrected chi connectivity index (χ2v) is 3.48. The van der Waals surface area contributed by atoms with Crippen LogP contribution in [0, 0.1) is 0 Å². The number of hydrogen-bond acceptors (Lipinski definition) is 4. The van der Waals surface area contributed by atoms with Crippen LogP contribution in [0.1, 0.15) is 0 Å². The van der Waals surface area contributed by atoms with Gasteiger partial charge in [0.2, 0.25) is 0 Å². The third-order valence-corrected chi connectivity index (χ3v) is 2.29. The molecule has 0 bridgehead atoms. The fourth-order valence-electron chi connectivity index (χ4n) is 1.46. The van der Waals surface area contributed by atoms with Gasteiger partial charge in [0.1, 0.15) is 12.4 Å². The van der Waals surface area contributed by atoms with Crippen molar-refractivity contribution in [1.82, 2.24) is 10.2 Å². The summed E-state index contributed by atoms with van der Waals surface area (Å²) in [7, 11) is 0. The van der Waals surface area contributed by atoms with Gasteiger partial charge in [-0.05, 0) is 17.7 Å². The Labute approximate surface area is 112 Å². The number of benzene rings is 1. The molecule has 2 rings (SSSR count). The molecule has 0 fully saturated rings. The van der Waals surface area contributed by atoms with Crippen molar-refractivity contribution in [2.45, 2.75) is 0 Å². The molecule has 94 valence electrons. The zero-order valence-corrected chi connectivity index (χ0v) is 10.6. The lowest BCUT2D eigenvalue weighted by atomic mass is 10.1. The molecule has 0 spiro atoms. The van der Waals surface area contributed by atoms with E-state index in [1.165, 1.54) is 6.20 Å². The average molecular weight is 264 g/mol. The lowest BCUT2D eigenvalue weighted by Crippen LogP contribution is -1.94. The van der Waals surface area contributed by atoms with E-state index in [1.54, 1.807) is 12.3 Å². The minimum atomic E-state index is 0. The van der Waals surface area contributed by atoms with Crippen LogP contribution in [0.4, 0.5) is 5.69 Å². The first kappa shape index (κ1) is 14.0. The molecule has 4 nitrogen and oxygen atoms in total. The summed E-state index contributed by atoms with van der Waals surface area (Å²) in [5.74, 6) is 0.800. The highest BCUT2D eigenvalue weighted by atomic mass is 35.5. The standard InChI is InChI=1S/C13H13N3O.ClH/c1-2-7-17-11-5-3-10(4-6-11)12-8-15-16-9-13(12)14;/h2-6,8-9H,1,7H2,(H2,14,15);1H. The van der Waals surface area contributed by atoms with Gasteiger partial charge in [-0.3, -0.25) is 0 Å². The quantitative estimate of drug-likeness (QED) is 0.862. The van der Waals surface area contributed by atoms with Crippen LogP contribution in [-0.4, -0.2) is 16.8 Å². The van der Waals surface area contributed by atoms with Crippen LogP contribution in [0.3, 0.4) is 0 Å². The highest BCUT2D eigenvalue weighted by Gasteiger charge is 2.02. The van der Waals surface area contributed by atoms with Gasteiger partial charge in [0, 0.05) is 5.56 Å². The Morgan fingerprint density at radius 1 is 1.17 bits per heavy atom. The fourth-order valence-corrected chi connectivity index (χ4v) is 1.46. The van der Waals surface area contributed by atoms with Gasteiger partial charge in [-0.15, -0.1) is 12.4 Å². The second-order valence-electron chi connectivity index (χ2n) is 3.48. The van der Waals surface area contributed by atoms with Crippen LogP contribution >= 0.6 is 12.4 Å². The number of ether oxygens (including phenoxy) is 1. The topological polar surface area (TPSA) is 61.0 Å². The lowest BCUT2D eigenvalue weighted by molar-refractivity contribution is 0.363. The van der Waals surface area contributed by atoms with Crippen LogP contribution in [-0.2, 0) is 0 Å². The van der Waals surface area contributed by atoms with Crippen molar-refractivity contribution in [2.75, 3.05) is 12.3 Å². The minimum absolute atomic E-state index is 0. The van der Waals surface area contributed by atoms with Crippen molar-refractivity contribution >= 4 is 18.1 Å². The maximum atomic E-state index is 5.82. The number of halogens is 1. The monoisotopic (exact) mass is 263 g/mol. The smallest absolute Gasteiger partial charge is 0.119 e. The van der Waals surface area contributed by atoms with Crippen LogP contribution in [0.15, 0.2) is 49.3 Å². The summed E-state index contributed by atoms with van der Waals surface area (Å²) in [5, 5.41) is 7.54. The Bertz CT molecular complexity index is 514. The number of rotatable bonds is 4. The average Bonchev–Trinajstić information content (AvgIpc) is 2.38. The van der Waals surface area contributed by atoms with E-state index >= 15 is 0 Å². The van der Waals surface area contributed by atoms with Crippen LogP contribution < -0.4 is 10.5 Å². The summed E-state index contributed by atoms with van der Waals surface area (Å²) < 4.78 is 5.40. The summed E-state index contributed by atoms with van der Waals surface area (Å²) in [6.07, 6.45) is 4.89. The number of aromatic nitrogens is 2. The molecule has 2 N–H and O–H groups in total. The van der Waals surface area contributed by atoms with Gasteiger partial charge in [-0.2, -0.15) is 10.2 Å². The molecule has 1 aromatic carbocycles. The molecule has 1 heterocycles. The first-order valence-electron chi connectivity index (χ1n) is 5.21. The van der Waals surface area contributed by atoms with E-state index in [4.69, 9.17) is 10.5 Å². The van der Waals surface area contributed by atoms with E-state index in [0.29, 0.717) is 12.3 Å². The highest BCUT2D eigenvalue weighted by molar-refractivity contribution is 5.85. The predicted octanol–water partition coefficient (Wildman–Crippen LogP) is 2.71. The number of nitrogens with zero attached hydrogens (tertiary/aromatic N) is 2. The molecule has 0 amide bonds. The Kier molecular flexibility index (Phi) is 5.14. The first-order valence-corrected chi connectivity index (χ1v) is 5.21. The van der Waals surface area contributed by atoms with Crippen molar-refractivity contribution in [3.63, 3.8) is 0 Å². The molecule has 2 aromatic rings. The highest BCUT2D eigenvalue weighted by Crippen LogP contribution is 2.25. The summed E-state index contributed by atoms with van der Waals surface area (Å²) in [6, 6.07) is 7.65. The van der Waals surface area contributed by atoms with Crippen molar-refractivity contribution in [3.05, 3.63) is 49.3 Å². The molecule has 5 heteroatoms. The molecule has 0 atom stereocenters. The van der Waals surface area contributed by atoms with Gasteiger partial charge < -0.3 is 10.5 Å². The molecule has 0 aliphatic rings. The first-order chi connectivity index (χ1) is 8.31. The third kappa shape index (κ3) is 3.21. The molecule has 0 radical (unpaired) electrons. The van der Waals surface area contributed by atoms with Gasteiger partial charge in [-0.25, -0.2) is 0 Å². The van der Waals surface area contributed by atoms with Crippen molar-refractivity contribution in [2.24, 2.45) is 0 Å². The maximum Gasteiger partial charge on any atom is 0.119 e. The number of nitrogens with two attached hydrogens (primary N) is 1. The normalized spacial score (nSPS) is 9.33. The fraction of sp³-hybridized carbons (Fsp3) is 0.0769. The van der Waals surface area contributed by atoms with Crippen molar-refractivity contribution in [3.8, 4) is 16.9 Å². The van der Waals surface area contributed by atoms with E-state index in [9.17, 15) is 0 Å². The summed E-state index contributed by atoms with van der Waals surface area (Å²) in [4.78, 5) is 0. The largest absolute Gasteiger partial charge is 0.490 e. The van der Waals surface area contributed by atoms with Crippen molar-refractivity contribution < 1.29 is 4.74 Å². The van der Waals surface area contributed by atoms with E-state index in [0.717, 1.165) is 16.9 Å². The van der Waals surface area contributed by atoms with E-state index in [2.05, 4.69) is 16.8 Å². The molecular weight excluding hydrogens is 250 g/mol. The predicted molar refractivity (Wildman–Crippen MR) is 74.8 cm³/mol. The molecule has 1 aromatic heterocycles. The lowest BCUT2D eigenvalue weighted by Gasteiger charge is -2.06. The SMILES string of the molecule is C=CCOc1ccc(-c2cnncc2N)cc1.Cl. The van der Waals surface area contributed by atoms with Crippen LogP contribution in [0.5, 0.6) is 5.75 Å². The molecular formula is C13H14ClN3O. The summed E-state index contributed by atoms with van der Waals surface area (Å²) in [6.45, 7) is 4.09. The summed E-state index contributed by atoms with van der Waals surface area (Å²) in [5.41, 5.74) is 8.29.